The molecule has 0 saturated heterocycles. The van der Waals surface area contributed by atoms with Gasteiger partial charge in [-0.2, -0.15) is 0 Å². The number of pyridine rings is 1. The van der Waals surface area contributed by atoms with Crippen LogP contribution in [0.1, 0.15) is 24.1 Å². The van der Waals surface area contributed by atoms with Crippen LogP contribution < -0.4 is 5.32 Å². The van der Waals surface area contributed by atoms with Gasteiger partial charge in [0.25, 0.3) is 0 Å². The Kier molecular flexibility index (Phi) is 5.07. The van der Waals surface area contributed by atoms with Crippen LogP contribution in [0.4, 0.5) is 0 Å². The molecular formula is C16H20N2O. The fourth-order valence-electron chi connectivity index (χ4n) is 2.04. The van der Waals surface area contributed by atoms with Gasteiger partial charge in [-0.05, 0) is 36.6 Å². The van der Waals surface area contributed by atoms with E-state index in [4.69, 9.17) is 0 Å². The van der Waals surface area contributed by atoms with Crippen LogP contribution in [-0.2, 0) is 6.42 Å². The molecule has 2 N–H and O–H groups in total. The molecule has 0 saturated carbocycles. The normalized spacial score (nSPS) is 14.0. The second kappa shape index (κ2) is 7.02. The lowest BCUT2D eigenvalue weighted by atomic mass is 10.1. The van der Waals surface area contributed by atoms with Crippen molar-refractivity contribution in [1.82, 2.24) is 10.3 Å². The van der Waals surface area contributed by atoms with E-state index in [-0.39, 0.29) is 12.1 Å². The molecule has 0 aliphatic heterocycles. The maximum absolute atomic E-state index is 10.0. The summed E-state index contributed by atoms with van der Waals surface area (Å²) in [6, 6.07) is 14.2. The highest BCUT2D eigenvalue weighted by Gasteiger charge is 2.09. The second-order valence-electron chi connectivity index (χ2n) is 4.75. The molecule has 2 aromatic rings. The molecule has 100 valence electrons. The van der Waals surface area contributed by atoms with E-state index in [2.05, 4.69) is 17.2 Å². The van der Waals surface area contributed by atoms with Crippen molar-refractivity contribution in [2.75, 3.05) is 6.54 Å². The highest BCUT2D eigenvalue weighted by molar-refractivity contribution is 5.16. The molecule has 2 rings (SSSR count). The van der Waals surface area contributed by atoms with Crippen molar-refractivity contribution in [3.8, 4) is 0 Å². The molecule has 2 atom stereocenters. The molecule has 1 aromatic heterocycles. The Balaban J connectivity index is 1.79. The van der Waals surface area contributed by atoms with Crippen molar-refractivity contribution < 1.29 is 5.11 Å². The van der Waals surface area contributed by atoms with Gasteiger partial charge in [-0.15, -0.1) is 0 Å². The van der Waals surface area contributed by atoms with Crippen molar-refractivity contribution in [3.05, 3.63) is 66.0 Å². The van der Waals surface area contributed by atoms with Gasteiger partial charge in [0, 0.05) is 25.0 Å². The predicted octanol–water partition coefficient (Wildman–Crippen LogP) is 2.34. The Morgan fingerprint density at radius 3 is 2.47 bits per heavy atom. The first kappa shape index (κ1) is 13.7. The van der Waals surface area contributed by atoms with Crippen molar-refractivity contribution in [1.29, 1.82) is 0 Å². The zero-order valence-corrected chi connectivity index (χ0v) is 11.2. The largest absolute Gasteiger partial charge is 0.391 e. The zero-order valence-electron chi connectivity index (χ0n) is 11.2. The Morgan fingerprint density at radius 1 is 1.11 bits per heavy atom. The standard InChI is InChI=1S/C16H20N2O/c1-13(15-7-9-17-10-8-15)18-12-16(19)11-14-5-3-2-4-6-14/h2-10,13,16,18-19H,11-12H2,1H3. The molecule has 0 amide bonds. The second-order valence-corrected chi connectivity index (χ2v) is 4.75. The van der Waals surface area contributed by atoms with Crippen LogP contribution in [0, 0.1) is 0 Å². The summed E-state index contributed by atoms with van der Waals surface area (Å²) in [7, 11) is 0. The van der Waals surface area contributed by atoms with Gasteiger partial charge in [0.15, 0.2) is 0 Å². The summed E-state index contributed by atoms with van der Waals surface area (Å²) in [6.07, 6.45) is 3.88. The lowest BCUT2D eigenvalue weighted by molar-refractivity contribution is 0.168. The number of aromatic nitrogens is 1. The van der Waals surface area contributed by atoms with Gasteiger partial charge in [0.1, 0.15) is 0 Å². The molecule has 0 aliphatic rings. The summed E-state index contributed by atoms with van der Waals surface area (Å²) in [5, 5.41) is 13.4. The van der Waals surface area contributed by atoms with Gasteiger partial charge in [0.2, 0.25) is 0 Å². The summed E-state index contributed by atoms with van der Waals surface area (Å²) < 4.78 is 0. The number of hydrogen-bond donors (Lipinski definition) is 2. The van der Waals surface area contributed by atoms with Gasteiger partial charge in [-0.25, -0.2) is 0 Å². The van der Waals surface area contributed by atoms with Crippen LogP contribution in [0.3, 0.4) is 0 Å². The molecule has 0 spiro atoms. The molecule has 0 bridgehead atoms. The van der Waals surface area contributed by atoms with Crippen LogP contribution in [0.2, 0.25) is 0 Å². The summed E-state index contributed by atoms with van der Waals surface area (Å²) >= 11 is 0. The molecule has 1 heterocycles. The number of rotatable bonds is 6. The van der Waals surface area contributed by atoms with Gasteiger partial charge in [0.05, 0.1) is 6.10 Å². The number of aliphatic hydroxyl groups is 1. The first-order valence-electron chi connectivity index (χ1n) is 6.61. The van der Waals surface area contributed by atoms with Gasteiger partial charge in [-0.1, -0.05) is 30.3 Å². The first-order chi connectivity index (χ1) is 9.25. The molecule has 3 nitrogen and oxygen atoms in total. The third-order valence-corrected chi connectivity index (χ3v) is 3.18. The lowest BCUT2D eigenvalue weighted by Crippen LogP contribution is -2.30. The third-order valence-electron chi connectivity index (χ3n) is 3.18. The van der Waals surface area contributed by atoms with E-state index in [9.17, 15) is 5.11 Å². The maximum Gasteiger partial charge on any atom is 0.0705 e. The van der Waals surface area contributed by atoms with E-state index >= 15 is 0 Å². The molecule has 1 aromatic carbocycles. The van der Waals surface area contributed by atoms with Crippen molar-refractivity contribution in [3.63, 3.8) is 0 Å². The number of hydrogen-bond acceptors (Lipinski definition) is 3. The summed E-state index contributed by atoms with van der Waals surface area (Å²) in [5.74, 6) is 0. The molecule has 0 radical (unpaired) electrons. The summed E-state index contributed by atoms with van der Waals surface area (Å²) in [5.41, 5.74) is 2.34. The fraction of sp³-hybridized carbons (Fsp3) is 0.312. The Bertz CT molecular complexity index is 473. The number of nitrogens with zero attached hydrogens (tertiary/aromatic N) is 1. The molecule has 0 aliphatic carbocycles. The van der Waals surface area contributed by atoms with Crippen molar-refractivity contribution in [2.24, 2.45) is 0 Å². The summed E-state index contributed by atoms with van der Waals surface area (Å²) in [6.45, 7) is 2.67. The molecule has 19 heavy (non-hydrogen) atoms. The smallest absolute Gasteiger partial charge is 0.0705 e. The van der Waals surface area contributed by atoms with Crippen LogP contribution >= 0.6 is 0 Å². The van der Waals surface area contributed by atoms with E-state index in [0.29, 0.717) is 13.0 Å². The minimum atomic E-state index is -0.369. The SMILES string of the molecule is CC(NCC(O)Cc1ccccc1)c1ccncc1. The Hall–Kier alpha value is -1.71. The Labute approximate surface area is 114 Å². The van der Waals surface area contributed by atoms with Crippen molar-refractivity contribution in [2.45, 2.75) is 25.5 Å². The van der Waals surface area contributed by atoms with E-state index in [1.165, 1.54) is 5.56 Å². The lowest BCUT2D eigenvalue weighted by Gasteiger charge is -2.17. The zero-order chi connectivity index (χ0) is 13.5. The highest BCUT2D eigenvalue weighted by atomic mass is 16.3. The molecule has 0 fully saturated rings. The van der Waals surface area contributed by atoms with E-state index in [0.717, 1.165) is 5.56 Å². The number of nitrogens with one attached hydrogen (secondary N) is 1. The Morgan fingerprint density at radius 2 is 1.79 bits per heavy atom. The number of aliphatic hydroxyl groups excluding tert-OH is 1. The predicted molar refractivity (Wildman–Crippen MR) is 76.8 cm³/mol. The molecule has 2 unspecified atom stereocenters. The minimum absolute atomic E-state index is 0.216. The topological polar surface area (TPSA) is 45.1 Å². The quantitative estimate of drug-likeness (QED) is 0.834. The van der Waals surface area contributed by atoms with E-state index < -0.39 is 0 Å². The monoisotopic (exact) mass is 256 g/mol. The van der Waals surface area contributed by atoms with E-state index in [1.807, 2.05) is 42.5 Å². The van der Waals surface area contributed by atoms with Crippen LogP contribution in [0.25, 0.3) is 0 Å². The van der Waals surface area contributed by atoms with Gasteiger partial charge >= 0.3 is 0 Å². The maximum atomic E-state index is 10.0. The first-order valence-corrected chi connectivity index (χ1v) is 6.61. The van der Waals surface area contributed by atoms with Gasteiger partial charge < -0.3 is 10.4 Å². The van der Waals surface area contributed by atoms with Crippen molar-refractivity contribution >= 4 is 0 Å². The summed E-state index contributed by atoms with van der Waals surface area (Å²) in [4.78, 5) is 4.00. The number of benzene rings is 1. The third kappa shape index (κ3) is 4.47. The average molecular weight is 256 g/mol. The van der Waals surface area contributed by atoms with E-state index in [1.54, 1.807) is 12.4 Å². The van der Waals surface area contributed by atoms with Gasteiger partial charge in [-0.3, -0.25) is 4.98 Å². The molecule has 3 heteroatoms. The van der Waals surface area contributed by atoms with Crippen LogP contribution in [-0.4, -0.2) is 22.7 Å². The van der Waals surface area contributed by atoms with Crippen LogP contribution in [0.15, 0.2) is 54.9 Å². The average Bonchev–Trinajstić information content (AvgIpc) is 2.47. The fourth-order valence-corrected chi connectivity index (χ4v) is 2.04. The minimum Gasteiger partial charge on any atom is -0.391 e. The molecular weight excluding hydrogens is 236 g/mol. The highest BCUT2D eigenvalue weighted by Crippen LogP contribution is 2.10. The van der Waals surface area contributed by atoms with Crippen LogP contribution in [0.5, 0.6) is 0 Å².